The first-order valence-corrected chi connectivity index (χ1v) is 9.47. The van der Waals surface area contributed by atoms with Crippen LogP contribution in [0.5, 0.6) is 0 Å². The van der Waals surface area contributed by atoms with Crippen molar-refractivity contribution < 1.29 is 9.21 Å². The van der Waals surface area contributed by atoms with Crippen LogP contribution in [0, 0.1) is 5.92 Å². The number of hydrogen-bond donors (Lipinski definition) is 2. The van der Waals surface area contributed by atoms with Gasteiger partial charge in [0.1, 0.15) is 5.69 Å². The third-order valence-electron chi connectivity index (χ3n) is 4.77. The number of amides is 1. The number of rotatable bonds is 6. The summed E-state index contributed by atoms with van der Waals surface area (Å²) in [5.74, 6) is 1.08. The molecule has 0 saturated carbocycles. The summed E-state index contributed by atoms with van der Waals surface area (Å²) in [5, 5.41) is 11.4. The molecule has 3 heterocycles. The largest absolute Gasteiger partial charge is 0.463 e. The van der Waals surface area contributed by atoms with Crippen molar-refractivity contribution in [3.63, 3.8) is 0 Å². The van der Waals surface area contributed by atoms with Crippen molar-refractivity contribution in [3.05, 3.63) is 59.4 Å². The predicted octanol–water partition coefficient (Wildman–Crippen LogP) is 3.52. The second-order valence-electron chi connectivity index (χ2n) is 6.69. The van der Waals surface area contributed by atoms with Gasteiger partial charge in [-0.05, 0) is 62.2 Å². The van der Waals surface area contributed by atoms with Gasteiger partial charge in [-0.1, -0.05) is 17.7 Å². The van der Waals surface area contributed by atoms with Gasteiger partial charge in [0.15, 0.2) is 11.5 Å². The molecule has 1 aliphatic heterocycles. The molecule has 1 saturated heterocycles. The number of hydrogen-bond acceptors (Lipinski definition) is 4. The van der Waals surface area contributed by atoms with Crippen molar-refractivity contribution in [1.82, 2.24) is 20.4 Å². The Balaban J connectivity index is 1.56. The highest BCUT2D eigenvalue weighted by Gasteiger charge is 2.19. The molecule has 1 aromatic carbocycles. The van der Waals surface area contributed by atoms with E-state index >= 15 is 0 Å². The van der Waals surface area contributed by atoms with E-state index in [0.717, 1.165) is 25.2 Å². The zero-order valence-corrected chi connectivity index (χ0v) is 15.6. The average Bonchev–Trinajstić information content (AvgIpc) is 3.42. The van der Waals surface area contributed by atoms with Crippen LogP contribution in [0.25, 0.3) is 17.1 Å². The Hall–Kier alpha value is -2.57. The average molecular weight is 385 g/mol. The van der Waals surface area contributed by atoms with E-state index in [0.29, 0.717) is 34.6 Å². The van der Waals surface area contributed by atoms with Crippen molar-refractivity contribution >= 4 is 17.5 Å². The number of nitrogens with zero attached hydrogens (tertiary/aromatic N) is 2. The highest BCUT2D eigenvalue weighted by Crippen LogP contribution is 2.25. The van der Waals surface area contributed by atoms with Crippen LogP contribution in [0.15, 0.2) is 53.1 Å². The molecule has 6 nitrogen and oxygen atoms in total. The van der Waals surface area contributed by atoms with E-state index in [-0.39, 0.29) is 5.91 Å². The molecule has 0 aliphatic carbocycles. The fourth-order valence-electron chi connectivity index (χ4n) is 3.34. The lowest BCUT2D eigenvalue weighted by atomic mass is 10.1. The highest BCUT2D eigenvalue weighted by atomic mass is 35.5. The van der Waals surface area contributed by atoms with Gasteiger partial charge in [0, 0.05) is 17.6 Å². The molecule has 1 aliphatic rings. The standard InChI is InChI=1S/C20H21ClN4O2/c21-15-3-1-4-16(11-15)25-18(19-5-2-10-27-19)12-17(24-25)20(26)23-9-7-14-6-8-22-13-14/h1-5,10-12,14,22H,6-9,13H2,(H,23,26). The number of carbonyl (C=O) groups excluding carboxylic acids is 1. The Morgan fingerprint density at radius 1 is 1.33 bits per heavy atom. The molecule has 1 unspecified atom stereocenters. The topological polar surface area (TPSA) is 72.1 Å². The van der Waals surface area contributed by atoms with Crippen LogP contribution < -0.4 is 10.6 Å². The number of benzene rings is 1. The normalized spacial score (nSPS) is 16.6. The lowest BCUT2D eigenvalue weighted by Crippen LogP contribution is -2.26. The summed E-state index contributed by atoms with van der Waals surface area (Å²) in [4.78, 5) is 12.6. The van der Waals surface area contributed by atoms with Crippen LogP contribution >= 0.6 is 11.6 Å². The molecular formula is C20H21ClN4O2. The van der Waals surface area contributed by atoms with Crippen molar-refractivity contribution in [1.29, 1.82) is 0 Å². The molecule has 140 valence electrons. The molecule has 4 rings (SSSR count). The van der Waals surface area contributed by atoms with Crippen LogP contribution in [0.1, 0.15) is 23.3 Å². The fourth-order valence-corrected chi connectivity index (χ4v) is 3.52. The maximum absolute atomic E-state index is 12.6. The predicted molar refractivity (Wildman–Crippen MR) is 104 cm³/mol. The third-order valence-corrected chi connectivity index (χ3v) is 5.00. The second-order valence-corrected chi connectivity index (χ2v) is 7.12. The van der Waals surface area contributed by atoms with E-state index in [9.17, 15) is 4.79 Å². The van der Waals surface area contributed by atoms with Gasteiger partial charge in [0.25, 0.3) is 5.91 Å². The van der Waals surface area contributed by atoms with E-state index in [2.05, 4.69) is 15.7 Å². The van der Waals surface area contributed by atoms with E-state index < -0.39 is 0 Å². The maximum atomic E-state index is 12.6. The molecule has 0 radical (unpaired) electrons. The van der Waals surface area contributed by atoms with Crippen LogP contribution in [-0.4, -0.2) is 35.3 Å². The molecule has 2 aromatic heterocycles. The number of halogens is 1. The molecule has 27 heavy (non-hydrogen) atoms. The molecule has 7 heteroatoms. The first-order chi connectivity index (χ1) is 13.2. The molecule has 1 atom stereocenters. The third kappa shape index (κ3) is 4.07. The zero-order chi connectivity index (χ0) is 18.6. The van der Waals surface area contributed by atoms with E-state index in [1.165, 1.54) is 6.42 Å². The number of nitrogens with one attached hydrogen (secondary N) is 2. The van der Waals surface area contributed by atoms with E-state index in [1.807, 2.05) is 18.2 Å². The first-order valence-electron chi connectivity index (χ1n) is 9.09. The van der Waals surface area contributed by atoms with Crippen molar-refractivity contribution in [2.75, 3.05) is 19.6 Å². The number of furan rings is 1. The van der Waals surface area contributed by atoms with Gasteiger partial charge < -0.3 is 15.1 Å². The summed E-state index contributed by atoms with van der Waals surface area (Å²) in [6.07, 6.45) is 3.74. The Morgan fingerprint density at radius 2 is 2.26 bits per heavy atom. The number of carbonyl (C=O) groups is 1. The fraction of sp³-hybridized carbons (Fsp3) is 0.300. The van der Waals surface area contributed by atoms with Crippen LogP contribution in [-0.2, 0) is 0 Å². The quantitative estimate of drug-likeness (QED) is 0.682. The van der Waals surface area contributed by atoms with E-state index in [1.54, 1.807) is 35.2 Å². The van der Waals surface area contributed by atoms with E-state index in [4.69, 9.17) is 16.0 Å². The summed E-state index contributed by atoms with van der Waals surface area (Å²) in [5.41, 5.74) is 1.82. The summed E-state index contributed by atoms with van der Waals surface area (Å²) >= 11 is 6.12. The summed E-state index contributed by atoms with van der Waals surface area (Å²) in [6.45, 7) is 2.74. The maximum Gasteiger partial charge on any atom is 0.271 e. The van der Waals surface area contributed by atoms with Crippen molar-refractivity contribution in [3.8, 4) is 17.1 Å². The zero-order valence-electron chi connectivity index (χ0n) is 14.8. The molecule has 0 spiro atoms. The molecule has 1 amide bonds. The Morgan fingerprint density at radius 3 is 3.00 bits per heavy atom. The van der Waals surface area contributed by atoms with Crippen molar-refractivity contribution in [2.45, 2.75) is 12.8 Å². The lowest BCUT2D eigenvalue weighted by Gasteiger charge is -2.08. The van der Waals surface area contributed by atoms with Gasteiger partial charge >= 0.3 is 0 Å². The Labute approximate surface area is 162 Å². The van der Waals surface area contributed by atoms with Crippen LogP contribution in [0.3, 0.4) is 0 Å². The molecular weight excluding hydrogens is 364 g/mol. The van der Waals surface area contributed by atoms with Gasteiger partial charge in [-0.2, -0.15) is 5.10 Å². The van der Waals surface area contributed by atoms with Crippen molar-refractivity contribution in [2.24, 2.45) is 5.92 Å². The first kappa shape index (κ1) is 17.8. The summed E-state index contributed by atoms with van der Waals surface area (Å²) in [7, 11) is 0. The molecule has 1 fully saturated rings. The molecule has 2 N–H and O–H groups in total. The smallest absolute Gasteiger partial charge is 0.271 e. The van der Waals surface area contributed by atoms with Gasteiger partial charge in [-0.15, -0.1) is 0 Å². The summed E-state index contributed by atoms with van der Waals surface area (Å²) < 4.78 is 7.20. The van der Waals surface area contributed by atoms with Gasteiger partial charge in [0.05, 0.1) is 12.0 Å². The Kier molecular flexibility index (Phi) is 5.27. The van der Waals surface area contributed by atoms with Crippen LogP contribution in [0.2, 0.25) is 5.02 Å². The molecule has 0 bridgehead atoms. The highest BCUT2D eigenvalue weighted by molar-refractivity contribution is 6.30. The minimum atomic E-state index is -0.186. The minimum Gasteiger partial charge on any atom is -0.463 e. The Bertz CT molecular complexity index is 914. The van der Waals surface area contributed by atoms with Gasteiger partial charge in [0.2, 0.25) is 0 Å². The summed E-state index contributed by atoms with van der Waals surface area (Å²) in [6, 6.07) is 12.7. The SMILES string of the molecule is O=C(NCCC1CCNC1)c1cc(-c2ccco2)n(-c2cccc(Cl)c2)n1. The van der Waals surface area contributed by atoms with Gasteiger partial charge in [-0.3, -0.25) is 4.79 Å². The lowest BCUT2D eigenvalue weighted by molar-refractivity contribution is 0.0946. The van der Waals surface area contributed by atoms with Crippen LogP contribution in [0.4, 0.5) is 0 Å². The number of aromatic nitrogens is 2. The second kappa shape index (κ2) is 7.98. The monoisotopic (exact) mass is 384 g/mol. The van der Waals surface area contributed by atoms with Gasteiger partial charge in [-0.25, -0.2) is 4.68 Å². The molecule has 3 aromatic rings. The minimum absolute atomic E-state index is 0.186.